The van der Waals surface area contributed by atoms with Crippen LogP contribution < -0.4 is 0 Å². The minimum Gasteiger partial charge on any atom is -0.473 e. The Morgan fingerprint density at radius 2 is 2.50 bits per heavy atom. The van der Waals surface area contributed by atoms with E-state index in [1.165, 1.54) is 6.26 Å². The van der Waals surface area contributed by atoms with Crippen molar-refractivity contribution >= 4 is 0 Å². The van der Waals surface area contributed by atoms with Crippen LogP contribution in [0.25, 0.3) is 0 Å². The molecule has 2 nitrogen and oxygen atoms in total. The molecule has 2 heteroatoms. The Labute approximate surface area is 48.4 Å². The standard InChI is InChI=1S/C6H8O2/c1-2-7-4-3-6-5-8-6/h2-4,6H,1,5H2/b4-3+. The minimum atomic E-state index is 0.301. The summed E-state index contributed by atoms with van der Waals surface area (Å²) in [5.74, 6) is 0. The van der Waals surface area contributed by atoms with E-state index in [4.69, 9.17) is 4.74 Å². The first-order chi connectivity index (χ1) is 3.93. The van der Waals surface area contributed by atoms with E-state index in [0.717, 1.165) is 6.61 Å². The van der Waals surface area contributed by atoms with Crippen molar-refractivity contribution in [2.75, 3.05) is 6.61 Å². The lowest BCUT2D eigenvalue weighted by molar-refractivity contribution is 0.393. The Balaban J connectivity index is 2.04. The van der Waals surface area contributed by atoms with E-state index in [1.807, 2.05) is 6.08 Å². The number of ether oxygens (including phenoxy) is 2. The molecule has 1 aliphatic rings. The lowest BCUT2D eigenvalue weighted by Gasteiger charge is -1.82. The third-order valence-electron chi connectivity index (χ3n) is 0.827. The van der Waals surface area contributed by atoms with Crippen LogP contribution in [-0.2, 0) is 9.47 Å². The van der Waals surface area contributed by atoms with Gasteiger partial charge in [0.25, 0.3) is 0 Å². The first-order valence-electron chi connectivity index (χ1n) is 2.48. The van der Waals surface area contributed by atoms with Crippen molar-refractivity contribution in [3.05, 3.63) is 25.2 Å². The van der Waals surface area contributed by atoms with Gasteiger partial charge in [-0.25, -0.2) is 0 Å². The Morgan fingerprint density at radius 1 is 1.75 bits per heavy atom. The van der Waals surface area contributed by atoms with Crippen LogP contribution >= 0.6 is 0 Å². The van der Waals surface area contributed by atoms with Crippen molar-refractivity contribution in [2.24, 2.45) is 0 Å². The molecule has 1 heterocycles. The largest absolute Gasteiger partial charge is 0.473 e. The highest BCUT2D eigenvalue weighted by molar-refractivity contribution is 4.92. The first kappa shape index (κ1) is 5.38. The molecule has 0 bridgehead atoms. The molecule has 0 spiro atoms. The quantitative estimate of drug-likeness (QED) is 0.402. The van der Waals surface area contributed by atoms with E-state index in [0.29, 0.717) is 6.10 Å². The zero-order valence-electron chi connectivity index (χ0n) is 4.54. The summed E-state index contributed by atoms with van der Waals surface area (Å²) in [6.45, 7) is 4.19. The van der Waals surface area contributed by atoms with E-state index in [1.54, 1.807) is 6.26 Å². The van der Waals surface area contributed by atoms with Gasteiger partial charge < -0.3 is 9.47 Å². The average molecular weight is 112 g/mol. The molecule has 1 saturated heterocycles. The van der Waals surface area contributed by atoms with Gasteiger partial charge in [0, 0.05) is 0 Å². The molecule has 0 aromatic heterocycles. The monoisotopic (exact) mass is 112 g/mol. The fourth-order valence-corrected chi connectivity index (χ4v) is 0.355. The zero-order chi connectivity index (χ0) is 5.82. The van der Waals surface area contributed by atoms with Gasteiger partial charge >= 0.3 is 0 Å². The predicted octanol–water partition coefficient (Wildman–Crippen LogP) is 1.06. The second-order valence-corrected chi connectivity index (χ2v) is 1.50. The molecule has 0 aromatic rings. The molecule has 1 rings (SSSR count). The van der Waals surface area contributed by atoms with Crippen molar-refractivity contribution in [3.8, 4) is 0 Å². The van der Waals surface area contributed by atoms with Crippen LogP contribution in [-0.4, -0.2) is 12.7 Å². The van der Waals surface area contributed by atoms with Crippen LogP contribution in [0.15, 0.2) is 25.2 Å². The maximum atomic E-state index is 4.85. The normalized spacial score (nSPS) is 25.8. The predicted molar refractivity (Wildman–Crippen MR) is 30.2 cm³/mol. The third-order valence-corrected chi connectivity index (χ3v) is 0.827. The summed E-state index contributed by atoms with van der Waals surface area (Å²) >= 11 is 0. The van der Waals surface area contributed by atoms with Crippen molar-refractivity contribution in [2.45, 2.75) is 6.10 Å². The Bertz CT molecular complexity index is 103. The van der Waals surface area contributed by atoms with Crippen LogP contribution in [0, 0.1) is 0 Å². The smallest absolute Gasteiger partial charge is 0.102 e. The molecule has 0 radical (unpaired) electrons. The summed E-state index contributed by atoms with van der Waals surface area (Å²) in [5, 5.41) is 0. The van der Waals surface area contributed by atoms with E-state index >= 15 is 0 Å². The summed E-state index contributed by atoms with van der Waals surface area (Å²) in [6.07, 6.45) is 5.10. The van der Waals surface area contributed by atoms with Gasteiger partial charge in [-0.05, 0) is 6.08 Å². The SMILES string of the molecule is C=CO/C=C/C1CO1. The average Bonchev–Trinajstić information content (AvgIpc) is 2.51. The minimum absolute atomic E-state index is 0.301. The van der Waals surface area contributed by atoms with E-state index < -0.39 is 0 Å². The molecule has 0 N–H and O–H groups in total. The summed E-state index contributed by atoms with van der Waals surface area (Å²) in [5.41, 5.74) is 0. The Morgan fingerprint density at radius 3 is 3.00 bits per heavy atom. The molecule has 0 aromatic carbocycles. The molecular weight excluding hydrogens is 104 g/mol. The molecule has 44 valence electrons. The van der Waals surface area contributed by atoms with E-state index in [2.05, 4.69) is 11.3 Å². The van der Waals surface area contributed by atoms with Gasteiger partial charge in [-0.15, -0.1) is 0 Å². The molecule has 1 fully saturated rings. The topological polar surface area (TPSA) is 21.8 Å². The Hall–Kier alpha value is -0.760. The van der Waals surface area contributed by atoms with Gasteiger partial charge in [-0.3, -0.25) is 0 Å². The van der Waals surface area contributed by atoms with E-state index in [-0.39, 0.29) is 0 Å². The molecule has 1 atom stereocenters. The van der Waals surface area contributed by atoms with Gasteiger partial charge in [-0.1, -0.05) is 6.58 Å². The summed E-state index contributed by atoms with van der Waals surface area (Å²) < 4.78 is 9.54. The molecule has 8 heavy (non-hydrogen) atoms. The summed E-state index contributed by atoms with van der Waals surface area (Å²) in [7, 11) is 0. The maximum absolute atomic E-state index is 4.85. The third kappa shape index (κ3) is 1.80. The van der Waals surface area contributed by atoms with Crippen LogP contribution in [0.2, 0.25) is 0 Å². The number of rotatable bonds is 3. The lowest BCUT2D eigenvalue weighted by atomic mass is 10.5. The van der Waals surface area contributed by atoms with Crippen LogP contribution in [0.4, 0.5) is 0 Å². The highest BCUT2D eigenvalue weighted by atomic mass is 16.6. The van der Waals surface area contributed by atoms with Gasteiger partial charge in [0.2, 0.25) is 0 Å². The van der Waals surface area contributed by atoms with Gasteiger partial charge in [0.15, 0.2) is 0 Å². The molecule has 1 aliphatic heterocycles. The van der Waals surface area contributed by atoms with Crippen LogP contribution in [0.3, 0.4) is 0 Å². The first-order valence-corrected chi connectivity index (χ1v) is 2.48. The Kier molecular flexibility index (Phi) is 1.70. The highest BCUT2D eigenvalue weighted by Crippen LogP contribution is 2.09. The maximum Gasteiger partial charge on any atom is 0.102 e. The van der Waals surface area contributed by atoms with Gasteiger partial charge in [-0.2, -0.15) is 0 Å². The van der Waals surface area contributed by atoms with Gasteiger partial charge in [0.1, 0.15) is 6.10 Å². The fraction of sp³-hybridized carbons (Fsp3) is 0.333. The van der Waals surface area contributed by atoms with Crippen LogP contribution in [0.5, 0.6) is 0 Å². The molecule has 0 amide bonds. The summed E-state index contributed by atoms with van der Waals surface area (Å²) in [6, 6.07) is 0. The lowest BCUT2D eigenvalue weighted by Crippen LogP contribution is -1.73. The second-order valence-electron chi connectivity index (χ2n) is 1.50. The zero-order valence-corrected chi connectivity index (χ0v) is 4.54. The van der Waals surface area contributed by atoms with E-state index in [9.17, 15) is 0 Å². The number of hydrogen-bond acceptors (Lipinski definition) is 2. The van der Waals surface area contributed by atoms with Crippen LogP contribution in [0.1, 0.15) is 0 Å². The fourth-order valence-electron chi connectivity index (χ4n) is 0.355. The molecular formula is C6H8O2. The number of epoxide rings is 1. The highest BCUT2D eigenvalue weighted by Gasteiger charge is 2.17. The number of hydrogen-bond donors (Lipinski definition) is 0. The van der Waals surface area contributed by atoms with Crippen molar-refractivity contribution in [1.82, 2.24) is 0 Å². The molecule has 0 aliphatic carbocycles. The van der Waals surface area contributed by atoms with Crippen molar-refractivity contribution < 1.29 is 9.47 Å². The van der Waals surface area contributed by atoms with Crippen molar-refractivity contribution in [3.63, 3.8) is 0 Å². The second kappa shape index (κ2) is 2.52. The van der Waals surface area contributed by atoms with Gasteiger partial charge in [0.05, 0.1) is 19.1 Å². The molecule has 1 unspecified atom stereocenters. The summed E-state index contributed by atoms with van der Waals surface area (Å²) in [4.78, 5) is 0. The van der Waals surface area contributed by atoms with Crippen molar-refractivity contribution in [1.29, 1.82) is 0 Å². The molecule has 0 saturated carbocycles.